The molecular weight excluding hydrogens is 172 g/mol. The second-order valence-electron chi connectivity index (χ2n) is 4.31. The standard InChI is InChI=1S/C12H18N2/c1-10-5-8-14(9-6-10)12-11(2)4-3-7-13-12/h3-4,7,10H,5-6,8-9H2,1-2H3. The maximum Gasteiger partial charge on any atom is 0.131 e. The van der Waals surface area contributed by atoms with E-state index < -0.39 is 0 Å². The maximum absolute atomic E-state index is 4.45. The molecule has 1 fully saturated rings. The first-order valence-electron chi connectivity index (χ1n) is 5.44. The highest BCUT2D eigenvalue weighted by Gasteiger charge is 2.17. The summed E-state index contributed by atoms with van der Waals surface area (Å²) >= 11 is 0. The zero-order valence-electron chi connectivity index (χ0n) is 9.03. The van der Waals surface area contributed by atoms with Crippen LogP contribution >= 0.6 is 0 Å². The quantitative estimate of drug-likeness (QED) is 0.676. The molecule has 14 heavy (non-hydrogen) atoms. The van der Waals surface area contributed by atoms with Gasteiger partial charge < -0.3 is 4.90 Å². The Morgan fingerprint density at radius 2 is 2.07 bits per heavy atom. The predicted octanol–water partition coefficient (Wildman–Crippen LogP) is 2.63. The SMILES string of the molecule is Cc1cccnc1N1CCC(C)CC1. The molecule has 0 aromatic carbocycles. The second kappa shape index (κ2) is 3.99. The number of nitrogens with zero attached hydrogens (tertiary/aromatic N) is 2. The van der Waals surface area contributed by atoms with Gasteiger partial charge in [-0.05, 0) is 37.3 Å². The van der Waals surface area contributed by atoms with Gasteiger partial charge in [0.15, 0.2) is 0 Å². The summed E-state index contributed by atoms with van der Waals surface area (Å²) in [6, 6.07) is 4.14. The van der Waals surface area contributed by atoms with E-state index in [2.05, 4.69) is 29.8 Å². The third-order valence-electron chi connectivity index (χ3n) is 3.06. The molecule has 0 amide bonds. The molecule has 1 aromatic heterocycles. The Morgan fingerprint density at radius 1 is 1.36 bits per heavy atom. The Bertz CT molecular complexity index is 301. The van der Waals surface area contributed by atoms with Crippen molar-refractivity contribution in [2.75, 3.05) is 18.0 Å². The molecule has 1 aromatic rings. The van der Waals surface area contributed by atoms with Gasteiger partial charge in [-0.2, -0.15) is 0 Å². The number of aromatic nitrogens is 1. The average molecular weight is 190 g/mol. The number of hydrogen-bond donors (Lipinski definition) is 0. The van der Waals surface area contributed by atoms with Gasteiger partial charge in [0, 0.05) is 19.3 Å². The lowest BCUT2D eigenvalue weighted by atomic mass is 9.99. The molecule has 0 bridgehead atoms. The predicted molar refractivity (Wildman–Crippen MR) is 59.6 cm³/mol. The molecule has 1 saturated heterocycles. The van der Waals surface area contributed by atoms with Crippen molar-refractivity contribution in [1.29, 1.82) is 0 Å². The Kier molecular flexibility index (Phi) is 2.71. The van der Waals surface area contributed by atoms with Gasteiger partial charge in [0.25, 0.3) is 0 Å². The van der Waals surface area contributed by atoms with Crippen molar-refractivity contribution in [3.05, 3.63) is 23.9 Å². The van der Waals surface area contributed by atoms with E-state index in [0.29, 0.717) is 0 Å². The van der Waals surface area contributed by atoms with Gasteiger partial charge in [-0.15, -0.1) is 0 Å². The van der Waals surface area contributed by atoms with Crippen molar-refractivity contribution in [3.8, 4) is 0 Å². The fraction of sp³-hybridized carbons (Fsp3) is 0.583. The molecule has 2 rings (SSSR count). The summed E-state index contributed by atoms with van der Waals surface area (Å²) in [6.07, 6.45) is 4.49. The van der Waals surface area contributed by atoms with Gasteiger partial charge in [0.2, 0.25) is 0 Å². The third-order valence-corrected chi connectivity index (χ3v) is 3.06. The fourth-order valence-electron chi connectivity index (χ4n) is 2.03. The van der Waals surface area contributed by atoms with Crippen molar-refractivity contribution >= 4 is 5.82 Å². The first kappa shape index (κ1) is 9.50. The van der Waals surface area contributed by atoms with Gasteiger partial charge in [-0.3, -0.25) is 0 Å². The van der Waals surface area contributed by atoms with Crippen LogP contribution in [0.1, 0.15) is 25.3 Å². The van der Waals surface area contributed by atoms with E-state index in [1.807, 2.05) is 12.3 Å². The summed E-state index contributed by atoms with van der Waals surface area (Å²) in [5.74, 6) is 2.06. The number of rotatable bonds is 1. The van der Waals surface area contributed by atoms with Crippen LogP contribution in [0.3, 0.4) is 0 Å². The summed E-state index contributed by atoms with van der Waals surface area (Å²) in [5, 5.41) is 0. The van der Waals surface area contributed by atoms with Gasteiger partial charge >= 0.3 is 0 Å². The molecule has 0 aliphatic carbocycles. The molecule has 0 N–H and O–H groups in total. The fourth-order valence-corrected chi connectivity index (χ4v) is 2.03. The van der Waals surface area contributed by atoms with E-state index >= 15 is 0 Å². The Morgan fingerprint density at radius 3 is 2.71 bits per heavy atom. The third kappa shape index (κ3) is 1.89. The lowest BCUT2D eigenvalue weighted by Gasteiger charge is -2.32. The molecule has 0 unspecified atom stereocenters. The lowest BCUT2D eigenvalue weighted by molar-refractivity contribution is 0.436. The zero-order chi connectivity index (χ0) is 9.97. The first-order chi connectivity index (χ1) is 6.77. The van der Waals surface area contributed by atoms with Gasteiger partial charge in [-0.25, -0.2) is 4.98 Å². The molecule has 1 aliphatic heterocycles. The number of piperidine rings is 1. The number of anilines is 1. The summed E-state index contributed by atoms with van der Waals surface area (Å²) in [7, 11) is 0. The van der Waals surface area contributed by atoms with Crippen LogP contribution < -0.4 is 4.90 Å². The molecule has 2 nitrogen and oxygen atoms in total. The molecule has 0 radical (unpaired) electrons. The minimum Gasteiger partial charge on any atom is -0.356 e. The summed E-state index contributed by atoms with van der Waals surface area (Å²) in [5.41, 5.74) is 1.29. The number of aryl methyl sites for hydroxylation is 1. The van der Waals surface area contributed by atoms with E-state index in [-0.39, 0.29) is 0 Å². The highest BCUT2D eigenvalue weighted by molar-refractivity contribution is 5.45. The van der Waals surface area contributed by atoms with Crippen LogP contribution in [0.15, 0.2) is 18.3 Å². The molecule has 2 heteroatoms. The molecule has 76 valence electrons. The second-order valence-corrected chi connectivity index (χ2v) is 4.31. The van der Waals surface area contributed by atoms with Crippen LogP contribution in [0.2, 0.25) is 0 Å². The number of pyridine rings is 1. The average Bonchev–Trinajstić information content (AvgIpc) is 2.20. The summed E-state index contributed by atoms with van der Waals surface area (Å²) < 4.78 is 0. The van der Waals surface area contributed by atoms with Crippen molar-refractivity contribution in [2.45, 2.75) is 26.7 Å². The normalized spacial score (nSPS) is 18.6. The van der Waals surface area contributed by atoms with Crippen molar-refractivity contribution in [2.24, 2.45) is 5.92 Å². The monoisotopic (exact) mass is 190 g/mol. The van der Waals surface area contributed by atoms with E-state index in [1.54, 1.807) is 0 Å². The van der Waals surface area contributed by atoms with E-state index in [9.17, 15) is 0 Å². The Labute approximate surface area is 86.0 Å². The van der Waals surface area contributed by atoms with Crippen LogP contribution in [0.4, 0.5) is 5.82 Å². The van der Waals surface area contributed by atoms with Crippen LogP contribution in [-0.4, -0.2) is 18.1 Å². The molecule has 0 saturated carbocycles. The maximum atomic E-state index is 4.45. The van der Waals surface area contributed by atoms with Crippen LogP contribution in [0.25, 0.3) is 0 Å². The van der Waals surface area contributed by atoms with Crippen LogP contribution in [0, 0.1) is 12.8 Å². The minimum absolute atomic E-state index is 0.885. The van der Waals surface area contributed by atoms with Crippen molar-refractivity contribution < 1.29 is 0 Å². The summed E-state index contributed by atoms with van der Waals surface area (Å²) in [4.78, 5) is 6.86. The Hall–Kier alpha value is -1.05. The summed E-state index contributed by atoms with van der Waals surface area (Å²) in [6.45, 7) is 6.81. The lowest BCUT2D eigenvalue weighted by Crippen LogP contribution is -2.33. The van der Waals surface area contributed by atoms with Crippen LogP contribution in [0.5, 0.6) is 0 Å². The van der Waals surface area contributed by atoms with Crippen molar-refractivity contribution in [1.82, 2.24) is 4.98 Å². The van der Waals surface area contributed by atoms with Gasteiger partial charge in [0.05, 0.1) is 0 Å². The molecule has 0 atom stereocenters. The van der Waals surface area contributed by atoms with Crippen molar-refractivity contribution in [3.63, 3.8) is 0 Å². The topological polar surface area (TPSA) is 16.1 Å². The zero-order valence-corrected chi connectivity index (χ0v) is 9.03. The minimum atomic E-state index is 0.885. The first-order valence-corrected chi connectivity index (χ1v) is 5.44. The highest BCUT2D eigenvalue weighted by Crippen LogP contribution is 2.23. The van der Waals surface area contributed by atoms with Crippen LogP contribution in [-0.2, 0) is 0 Å². The van der Waals surface area contributed by atoms with Gasteiger partial charge in [0.1, 0.15) is 5.82 Å². The smallest absolute Gasteiger partial charge is 0.131 e. The van der Waals surface area contributed by atoms with Gasteiger partial charge in [-0.1, -0.05) is 13.0 Å². The van der Waals surface area contributed by atoms with E-state index in [0.717, 1.165) is 5.92 Å². The largest absolute Gasteiger partial charge is 0.356 e. The molecule has 2 heterocycles. The molecule has 1 aliphatic rings. The van der Waals surface area contributed by atoms with E-state index in [4.69, 9.17) is 0 Å². The molecular formula is C12H18N2. The Balaban J connectivity index is 2.12. The van der Waals surface area contributed by atoms with E-state index in [1.165, 1.54) is 37.3 Å². The highest BCUT2D eigenvalue weighted by atomic mass is 15.2. The number of hydrogen-bond acceptors (Lipinski definition) is 2. The molecule has 0 spiro atoms.